The van der Waals surface area contributed by atoms with E-state index in [1.54, 1.807) is 0 Å². The fourth-order valence-corrected chi connectivity index (χ4v) is 3.38. The molecule has 1 fully saturated rings. The van der Waals surface area contributed by atoms with E-state index in [2.05, 4.69) is 32.7 Å². The lowest BCUT2D eigenvalue weighted by Gasteiger charge is -2.17. The molecule has 0 bridgehead atoms. The second-order valence-corrected chi connectivity index (χ2v) is 9.36. The van der Waals surface area contributed by atoms with E-state index in [0.717, 1.165) is 32.1 Å². The first-order valence-corrected chi connectivity index (χ1v) is 10.9. The highest BCUT2D eigenvalue weighted by atomic mass is 16.5. The van der Waals surface area contributed by atoms with Gasteiger partial charge in [-0.1, -0.05) is 78.2 Å². The minimum atomic E-state index is -0.234. The van der Waals surface area contributed by atoms with E-state index >= 15 is 0 Å². The van der Waals surface area contributed by atoms with Crippen molar-refractivity contribution in [3.63, 3.8) is 0 Å². The van der Waals surface area contributed by atoms with Gasteiger partial charge in [0.15, 0.2) is 0 Å². The van der Waals surface area contributed by atoms with Crippen molar-refractivity contribution in [2.24, 2.45) is 5.41 Å². The molecule has 1 aliphatic rings. The van der Waals surface area contributed by atoms with Crippen LogP contribution in [0.1, 0.15) is 111 Å². The third-order valence-corrected chi connectivity index (χ3v) is 5.35. The average Bonchev–Trinajstić information content (AvgIpc) is 3.32. The summed E-state index contributed by atoms with van der Waals surface area (Å²) in [5, 5.41) is 3.04. The summed E-state index contributed by atoms with van der Waals surface area (Å²) in [4.78, 5) is 11.8. The summed E-state index contributed by atoms with van der Waals surface area (Å²) in [6.45, 7) is 11.3. The van der Waals surface area contributed by atoms with Gasteiger partial charge < -0.3 is 10.1 Å². The highest BCUT2D eigenvalue weighted by Gasteiger charge is 2.43. The van der Waals surface area contributed by atoms with Crippen LogP contribution in [0, 0.1) is 5.41 Å². The van der Waals surface area contributed by atoms with Crippen molar-refractivity contribution in [1.82, 2.24) is 5.32 Å². The molecule has 1 N–H and O–H groups in total. The summed E-state index contributed by atoms with van der Waals surface area (Å²) >= 11 is 0. The van der Waals surface area contributed by atoms with Gasteiger partial charge in [-0.2, -0.15) is 0 Å². The van der Waals surface area contributed by atoms with Crippen LogP contribution in [-0.2, 0) is 4.74 Å². The maximum absolute atomic E-state index is 11.8. The molecule has 0 radical (unpaired) electrons. The predicted molar refractivity (Wildman–Crippen MR) is 112 cm³/mol. The van der Waals surface area contributed by atoms with Crippen LogP contribution in [0.15, 0.2) is 12.7 Å². The zero-order valence-corrected chi connectivity index (χ0v) is 17.7. The van der Waals surface area contributed by atoms with Gasteiger partial charge in [-0.15, -0.1) is 6.58 Å². The van der Waals surface area contributed by atoms with Crippen molar-refractivity contribution in [3.8, 4) is 0 Å². The molecule has 0 aromatic carbocycles. The molecule has 0 unspecified atom stereocenters. The van der Waals surface area contributed by atoms with E-state index in [9.17, 15) is 4.79 Å². The highest BCUT2D eigenvalue weighted by Crippen LogP contribution is 2.39. The molecule has 0 spiro atoms. The number of hydrogen-bond donors (Lipinski definition) is 1. The first-order chi connectivity index (χ1) is 12.4. The summed E-state index contributed by atoms with van der Waals surface area (Å²) in [7, 11) is 0. The Balaban J connectivity index is 1.83. The fraction of sp³-hybridized carbons (Fsp3) is 0.870. The van der Waals surface area contributed by atoms with Crippen LogP contribution in [0.4, 0.5) is 4.79 Å². The average molecular weight is 366 g/mol. The van der Waals surface area contributed by atoms with Gasteiger partial charge in [0.2, 0.25) is 0 Å². The number of hydrogen-bond acceptors (Lipinski definition) is 2. The molecule has 0 heterocycles. The molecular formula is C23H43NO2. The molecule has 3 heteroatoms. The normalized spacial score (nSPS) is 15.5. The van der Waals surface area contributed by atoms with Crippen LogP contribution in [0.5, 0.6) is 0 Å². The molecule has 1 amide bonds. The summed E-state index contributed by atoms with van der Waals surface area (Å²) in [6, 6.07) is 0. The zero-order chi connectivity index (χ0) is 19.3. The number of rotatable bonds is 15. The van der Waals surface area contributed by atoms with Gasteiger partial charge in [0.25, 0.3) is 0 Å². The third kappa shape index (κ3) is 12.4. The minimum absolute atomic E-state index is 0.0121. The summed E-state index contributed by atoms with van der Waals surface area (Å²) in [5.74, 6) is 0. The van der Waals surface area contributed by atoms with Crippen LogP contribution in [0.25, 0.3) is 0 Å². The first kappa shape index (κ1) is 23.0. The maximum atomic E-state index is 11.8. The number of ether oxygens (including phenoxy) is 1. The van der Waals surface area contributed by atoms with Gasteiger partial charge in [0.1, 0.15) is 0 Å². The molecule has 0 aromatic rings. The van der Waals surface area contributed by atoms with Crippen molar-refractivity contribution >= 4 is 6.09 Å². The first-order valence-electron chi connectivity index (χ1n) is 10.9. The van der Waals surface area contributed by atoms with Gasteiger partial charge in [-0.3, -0.25) is 0 Å². The zero-order valence-electron chi connectivity index (χ0n) is 17.7. The van der Waals surface area contributed by atoms with Crippen LogP contribution >= 0.6 is 0 Å². The van der Waals surface area contributed by atoms with E-state index < -0.39 is 0 Å². The quantitative estimate of drug-likeness (QED) is 0.247. The van der Waals surface area contributed by atoms with Gasteiger partial charge in [-0.25, -0.2) is 4.79 Å². The van der Waals surface area contributed by atoms with Crippen LogP contribution in [0.3, 0.4) is 0 Å². The maximum Gasteiger partial charge on any atom is 0.407 e. The Morgan fingerprint density at radius 2 is 1.54 bits per heavy atom. The van der Waals surface area contributed by atoms with E-state index in [4.69, 9.17) is 4.74 Å². The second kappa shape index (κ2) is 12.4. The van der Waals surface area contributed by atoms with E-state index in [-0.39, 0.29) is 11.6 Å². The Kier molecular flexibility index (Phi) is 11.0. The standard InChI is InChI=1S/C23H43NO2/c1-5-6-17-23(18-19-23)24-21(25)26-20-15-13-11-9-7-8-10-12-14-16-22(2,3)4/h5H,1,6-20H2,2-4H3,(H,24,25). The van der Waals surface area contributed by atoms with Crippen molar-refractivity contribution in [2.45, 2.75) is 116 Å². The number of unbranched alkanes of at least 4 members (excludes halogenated alkanes) is 8. The van der Waals surface area contributed by atoms with Crippen molar-refractivity contribution in [1.29, 1.82) is 0 Å². The van der Waals surface area contributed by atoms with Gasteiger partial charge in [-0.05, 0) is 43.9 Å². The van der Waals surface area contributed by atoms with Crippen molar-refractivity contribution < 1.29 is 9.53 Å². The molecule has 26 heavy (non-hydrogen) atoms. The highest BCUT2D eigenvalue weighted by molar-refractivity contribution is 5.68. The molecule has 0 aromatic heterocycles. The lowest BCUT2D eigenvalue weighted by molar-refractivity contribution is 0.138. The molecule has 1 aliphatic carbocycles. The molecule has 1 rings (SSSR count). The lowest BCUT2D eigenvalue weighted by atomic mass is 9.89. The number of allylic oxidation sites excluding steroid dienone is 1. The molecule has 1 saturated carbocycles. The Labute approximate surface area is 162 Å². The van der Waals surface area contributed by atoms with Crippen molar-refractivity contribution in [3.05, 3.63) is 12.7 Å². The molecule has 0 atom stereocenters. The van der Waals surface area contributed by atoms with Crippen LogP contribution in [0.2, 0.25) is 0 Å². The second-order valence-electron chi connectivity index (χ2n) is 9.36. The number of carbonyl (C=O) groups excluding carboxylic acids is 1. The number of alkyl carbamates (subject to hydrolysis) is 1. The third-order valence-electron chi connectivity index (χ3n) is 5.35. The molecule has 152 valence electrons. The van der Waals surface area contributed by atoms with E-state index in [1.807, 2.05) is 6.08 Å². The van der Waals surface area contributed by atoms with Gasteiger partial charge >= 0.3 is 6.09 Å². The Morgan fingerprint density at radius 3 is 2.04 bits per heavy atom. The number of carbonyl (C=O) groups is 1. The lowest BCUT2D eigenvalue weighted by Crippen LogP contribution is -2.37. The molecule has 3 nitrogen and oxygen atoms in total. The van der Waals surface area contributed by atoms with Gasteiger partial charge in [0, 0.05) is 5.54 Å². The Bertz CT molecular complexity index is 394. The van der Waals surface area contributed by atoms with E-state index in [0.29, 0.717) is 12.0 Å². The van der Waals surface area contributed by atoms with Crippen LogP contribution in [-0.4, -0.2) is 18.2 Å². The fourth-order valence-electron chi connectivity index (χ4n) is 3.38. The molecule has 0 aliphatic heterocycles. The SMILES string of the molecule is C=CCCC1(NC(=O)OCCCCCCCCCCCC(C)(C)C)CC1. The Morgan fingerprint density at radius 1 is 1.00 bits per heavy atom. The summed E-state index contributed by atoms with van der Waals surface area (Å²) < 4.78 is 5.32. The Hall–Kier alpha value is -0.990. The number of nitrogens with one attached hydrogen (secondary N) is 1. The van der Waals surface area contributed by atoms with Crippen molar-refractivity contribution in [2.75, 3.05) is 6.61 Å². The smallest absolute Gasteiger partial charge is 0.407 e. The largest absolute Gasteiger partial charge is 0.450 e. The summed E-state index contributed by atoms with van der Waals surface area (Å²) in [5.41, 5.74) is 0.502. The van der Waals surface area contributed by atoms with Crippen LogP contribution < -0.4 is 5.32 Å². The molecule has 0 saturated heterocycles. The number of amides is 1. The topological polar surface area (TPSA) is 38.3 Å². The van der Waals surface area contributed by atoms with Gasteiger partial charge in [0.05, 0.1) is 6.61 Å². The monoisotopic (exact) mass is 365 g/mol. The molecular weight excluding hydrogens is 322 g/mol. The minimum Gasteiger partial charge on any atom is -0.450 e. The summed E-state index contributed by atoms with van der Waals surface area (Å²) in [6.07, 6.45) is 18.7. The van der Waals surface area contributed by atoms with E-state index in [1.165, 1.54) is 57.8 Å². The predicted octanol–water partition coefficient (Wildman–Crippen LogP) is 7.16.